The van der Waals surface area contributed by atoms with Crippen LogP contribution in [-0.4, -0.2) is 17.5 Å². The van der Waals surface area contributed by atoms with Crippen LogP contribution < -0.4 is 0 Å². The van der Waals surface area contributed by atoms with Gasteiger partial charge in [-0.3, -0.25) is 0 Å². The number of nitrogens with zero attached hydrogens (tertiary/aromatic N) is 1. The SMILES string of the molecule is C#CN(CC)C1CCCCC1. The van der Waals surface area contributed by atoms with Crippen LogP contribution in [0.15, 0.2) is 0 Å². The summed E-state index contributed by atoms with van der Waals surface area (Å²) in [6.45, 7) is 3.13. The van der Waals surface area contributed by atoms with Crippen LogP contribution in [0.4, 0.5) is 0 Å². The molecule has 0 aromatic carbocycles. The van der Waals surface area contributed by atoms with Gasteiger partial charge in [0.25, 0.3) is 0 Å². The van der Waals surface area contributed by atoms with E-state index in [0.717, 1.165) is 6.54 Å². The first-order chi connectivity index (χ1) is 5.38. The molecule has 0 amide bonds. The van der Waals surface area contributed by atoms with Crippen LogP contribution in [0.5, 0.6) is 0 Å². The third-order valence-electron chi connectivity index (χ3n) is 2.52. The van der Waals surface area contributed by atoms with Crippen LogP contribution in [0.2, 0.25) is 0 Å². The Morgan fingerprint density at radius 1 is 1.36 bits per heavy atom. The van der Waals surface area contributed by atoms with Gasteiger partial charge in [0.15, 0.2) is 0 Å². The van der Waals surface area contributed by atoms with E-state index in [1.54, 1.807) is 0 Å². The summed E-state index contributed by atoms with van der Waals surface area (Å²) >= 11 is 0. The minimum atomic E-state index is 0.679. The Balaban J connectivity index is 2.38. The summed E-state index contributed by atoms with van der Waals surface area (Å²) < 4.78 is 0. The van der Waals surface area contributed by atoms with E-state index >= 15 is 0 Å². The highest BCUT2D eigenvalue weighted by molar-refractivity contribution is 4.90. The number of hydrogen-bond donors (Lipinski definition) is 0. The first kappa shape index (κ1) is 8.46. The van der Waals surface area contributed by atoms with E-state index in [2.05, 4.69) is 17.9 Å². The zero-order valence-electron chi connectivity index (χ0n) is 7.34. The fraction of sp³-hybridized carbons (Fsp3) is 0.800. The molecule has 1 rings (SSSR count). The molecule has 62 valence electrons. The second-order valence-electron chi connectivity index (χ2n) is 3.21. The lowest BCUT2D eigenvalue weighted by Crippen LogP contribution is -2.32. The van der Waals surface area contributed by atoms with Crippen LogP contribution in [0.25, 0.3) is 0 Å². The highest BCUT2D eigenvalue weighted by atomic mass is 15.1. The summed E-state index contributed by atoms with van der Waals surface area (Å²) in [7, 11) is 0. The molecule has 0 aromatic heterocycles. The van der Waals surface area contributed by atoms with Crippen molar-refractivity contribution in [3.8, 4) is 12.5 Å². The predicted molar refractivity (Wildman–Crippen MR) is 48.1 cm³/mol. The van der Waals surface area contributed by atoms with Crippen LogP contribution in [0.1, 0.15) is 39.0 Å². The van der Waals surface area contributed by atoms with Gasteiger partial charge in [-0.2, -0.15) is 0 Å². The predicted octanol–water partition coefficient (Wildman–Crippen LogP) is 2.23. The van der Waals surface area contributed by atoms with Gasteiger partial charge in [-0.25, -0.2) is 0 Å². The second kappa shape index (κ2) is 4.28. The smallest absolute Gasteiger partial charge is 0.0371 e. The maximum Gasteiger partial charge on any atom is 0.0371 e. The van der Waals surface area contributed by atoms with Gasteiger partial charge in [-0.1, -0.05) is 25.7 Å². The summed E-state index contributed by atoms with van der Waals surface area (Å²) in [4.78, 5) is 2.14. The van der Waals surface area contributed by atoms with Crippen molar-refractivity contribution < 1.29 is 0 Å². The van der Waals surface area contributed by atoms with E-state index in [1.165, 1.54) is 32.1 Å². The number of rotatable bonds is 2. The first-order valence-electron chi connectivity index (χ1n) is 4.61. The Labute approximate surface area is 69.8 Å². The van der Waals surface area contributed by atoms with Crippen molar-refractivity contribution in [1.82, 2.24) is 4.90 Å². The minimum absolute atomic E-state index is 0.679. The van der Waals surface area contributed by atoms with Crippen molar-refractivity contribution in [2.24, 2.45) is 0 Å². The molecule has 0 saturated heterocycles. The molecule has 0 N–H and O–H groups in total. The Kier molecular flexibility index (Phi) is 3.29. The monoisotopic (exact) mass is 151 g/mol. The molecule has 0 aliphatic heterocycles. The molecule has 1 aliphatic carbocycles. The molecule has 11 heavy (non-hydrogen) atoms. The Morgan fingerprint density at radius 3 is 2.45 bits per heavy atom. The topological polar surface area (TPSA) is 3.24 Å². The van der Waals surface area contributed by atoms with Crippen LogP contribution in [0, 0.1) is 12.5 Å². The highest BCUT2D eigenvalue weighted by Crippen LogP contribution is 2.21. The highest BCUT2D eigenvalue weighted by Gasteiger charge is 2.16. The molecule has 1 heteroatoms. The van der Waals surface area contributed by atoms with Crippen molar-refractivity contribution in [2.45, 2.75) is 45.1 Å². The molecule has 0 bridgehead atoms. The maximum absolute atomic E-state index is 5.39. The average molecular weight is 151 g/mol. The molecule has 1 aliphatic rings. The van der Waals surface area contributed by atoms with E-state index in [4.69, 9.17) is 6.42 Å². The van der Waals surface area contributed by atoms with E-state index < -0.39 is 0 Å². The van der Waals surface area contributed by atoms with Gasteiger partial charge in [-0.15, -0.1) is 0 Å². The van der Waals surface area contributed by atoms with Gasteiger partial charge < -0.3 is 4.90 Å². The van der Waals surface area contributed by atoms with Crippen molar-refractivity contribution >= 4 is 0 Å². The average Bonchev–Trinajstić information content (AvgIpc) is 2.09. The quantitative estimate of drug-likeness (QED) is 0.432. The number of terminal acetylenes is 1. The van der Waals surface area contributed by atoms with E-state index in [9.17, 15) is 0 Å². The van der Waals surface area contributed by atoms with E-state index in [0.29, 0.717) is 6.04 Å². The molecule has 0 aromatic rings. The summed E-state index contributed by atoms with van der Waals surface area (Å²) in [6, 6.07) is 3.43. The van der Waals surface area contributed by atoms with Gasteiger partial charge in [0.05, 0.1) is 0 Å². The molecule has 0 radical (unpaired) electrons. The Bertz CT molecular complexity index is 139. The summed E-state index contributed by atoms with van der Waals surface area (Å²) in [5, 5.41) is 0. The van der Waals surface area contributed by atoms with Crippen LogP contribution >= 0.6 is 0 Å². The Hall–Kier alpha value is -0.640. The lowest BCUT2D eigenvalue weighted by Gasteiger charge is -2.30. The molecule has 0 spiro atoms. The first-order valence-corrected chi connectivity index (χ1v) is 4.61. The molecule has 1 nitrogen and oxygen atoms in total. The van der Waals surface area contributed by atoms with Crippen molar-refractivity contribution in [3.05, 3.63) is 0 Å². The van der Waals surface area contributed by atoms with Gasteiger partial charge in [-0.05, 0) is 19.8 Å². The third kappa shape index (κ3) is 2.15. The minimum Gasteiger partial charge on any atom is -0.330 e. The molecule has 1 saturated carbocycles. The lowest BCUT2D eigenvalue weighted by atomic mass is 9.94. The van der Waals surface area contributed by atoms with Gasteiger partial charge in [0.2, 0.25) is 0 Å². The summed E-state index contributed by atoms with van der Waals surface area (Å²) in [5.41, 5.74) is 0. The lowest BCUT2D eigenvalue weighted by molar-refractivity contribution is 0.240. The summed E-state index contributed by atoms with van der Waals surface area (Å²) in [6.07, 6.45) is 12.1. The van der Waals surface area contributed by atoms with Crippen molar-refractivity contribution in [1.29, 1.82) is 0 Å². The van der Waals surface area contributed by atoms with E-state index in [-0.39, 0.29) is 0 Å². The van der Waals surface area contributed by atoms with Crippen LogP contribution in [-0.2, 0) is 0 Å². The second-order valence-corrected chi connectivity index (χ2v) is 3.21. The molecule has 1 fully saturated rings. The van der Waals surface area contributed by atoms with Crippen molar-refractivity contribution in [2.75, 3.05) is 6.54 Å². The van der Waals surface area contributed by atoms with Crippen molar-refractivity contribution in [3.63, 3.8) is 0 Å². The molecular weight excluding hydrogens is 134 g/mol. The van der Waals surface area contributed by atoms with Gasteiger partial charge in [0.1, 0.15) is 0 Å². The molecule has 0 atom stereocenters. The summed E-state index contributed by atoms with van der Waals surface area (Å²) in [5.74, 6) is 0. The largest absolute Gasteiger partial charge is 0.330 e. The van der Waals surface area contributed by atoms with Gasteiger partial charge in [0, 0.05) is 18.6 Å². The van der Waals surface area contributed by atoms with E-state index in [1.807, 2.05) is 0 Å². The van der Waals surface area contributed by atoms with Crippen LogP contribution in [0.3, 0.4) is 0 Å². The molecular formula is C10H17N. The molecule has 0 heterocycles. The normalized spacial score (nSPS) is 19.3. The maximum atomic E-state index is 5.39. The fourth-order valence-electron chi connectivity index (χ4n) is 1.85. The third-order valence-corrected chi connectivity index (χ3v) is 2.52. The standard InChI is InChI=1S/C10H17N/c1-3-11(4-2)10-8-6-5-7-9-10/h1,10H,4-9H2,2H3. The molecule has 0 unspecified atom stereocenters. The fourth-order valence-corrected chi connectivity index (χ4v) is 1.85. The number of hydrogen-bond acceptors (Lipinski definition) is 1. The van der Waals surface area contributed by atoms with Gasteiger partial charge >= 0.3 is 0 Å². The Morgan fingerprint density at radius 2 is 2.00 bits per heavy atom. The zero-order chi connectivity index (χ0) is 8.10. The zero-order valence-corrected chi connectivity index (χ0v) is 7.34.